The van der Waals surface area contributed by atoms with E-state index in [0.29, 0.717) is 11.1 Å². The highest BCUT2D eigenvalue weighted by Gasteiger charge is 2.18. The van der Waals surface area contributed by atoms with Crippen molar-refractivity contribution < 1.29 is 9.90 Å². The fourth-order valence-corrected chi connectivity index (χ4v) is 2.02. The molecule has 3 nitrogen and oxygen atoms in total. The first-order valence-corrected chi connectivity index (χ1v) is 6.71. The molecule has 0 saturated heterocycles. The molecule has 1 aromatic carbocycles. The molecule has 0 aliphatic rings. The summed E-state index contributed by atoms with van der Waals surface area (Å²) in [4.78, 5) is 17.0. The van der Waals surface area contributed by atoms with E-state index in [0.717, 1.165) is 4.90 Å². The first-order valence-electron chi connectivity index (χ1n) is 5.48. The van der Waals surface area contributed by atoms with Crippen molar-refractivity contribution in [3.63, 3.8) is 0 Å². The monoisotopic (exact) mass is 259 g/mol. The summed E-state index contributed by atoms with van der Waals surface area (Å²) in [6, 6.07) is 10.5. The van der Waals surface area contributed by atoms with Crippen LogP contribution >= 0.6 is 11.8 Å². The molecule has 2 rings (SSSR count). The van der Waals surface area contributed by atoms with Crippen LogP contribution in [0.25, 0.3) is 0 Å². The molecule has 18 heavy (non-hydrogen) atoms. The van der Waals surface area contributed by atoms with E-state index in [-0.39, 0.29) is 5.78 Å². The molecule has 1 N–H and O–H groups in total. The Bertz CT molecular complexity index is 525. The molecule has 92 valence electrons. The van der Waals surface area contributed by atoms with E-state index in [2.05, 4.69) is 4.98 Å². The lowest BCUT2D eigenvalue weighted by Crippen LogP contribution is -2.12. The van der Waals surface area contributed by atoms with E-state index in [9.17, 15) is 9.90 Å². The van der Waals surface area contributed by atoms with E-state index in [1.807, 2.05) is 18.4 Å². The number of aliphatic hydroxyl groups excluding tert-OH is 1. The summed E-state index contributed by atoms with van der Waals surface area (Å²) in [7, 11) is 0. The largest absolute Gasteiger partial charge is 0.380 e. The van der Waals surface area contributed by atoms with Gasteiger partial charge < -0.3 is 5.11 Å². The highest BCUT2D eigenvalue weighted by atomic mass is 32.2. The number of hydrogen-bond acceptors (Lipinski definition) is 4. The first-order chi connectivity index (χ1) is 8.72. The number of thioether (sulfide) groups is 1. The smallest absolute Gasteiger partial charge is 0.195 e. The predicted molar refractivity (Wildman–Crippen MR) is 71.8 cm³/mol. The normalized spacial score (nSPS) is 12.1. The number of aliphatic hydroxyl groups is 1. The minimum absolute atomic E-state index is 0.311. The van der Waals surface area contributed by atoms with Gasteiger partial charge in [0.1, 0.15) is 6.10 Å². The van der Waals surface area contributed by atoms with E-state index in [4.69, 9.17) is 0 Å². The number of pyridine rings is 1. The van der Waals surface area contributed by atoms with Crippen molar-refractivity contribution in [3.05, 3.63) is 59.9 Å². The summed E-state index contributed by atoms with van der Waals surface area (Å²) >= 11 is 1.62. The second kappa shape index (κ2) is 5.80. The maximum atomic E-state index is 12.0. The van der Waals surface area contributed by atoms with Gasteiger partial charge in [0.15, 0.2) is 5.78 Å². The Morgan fingerprint density at radius 2 is 1.78 bits per heavy atom. The third-order valence-corrected chi connectivity index (χ3v) is 3.39. The lowest BCUT2D eigenvalue weighted by Gasteiger charge is -2.10. The number of aromatic nitrogens is 1. The maximum Gasteiger partial charge on any atom is 0.195 e. The van der Waals surface area contributed by atoms with Crippen molar-refractivity contribution in [2.75, 3.05) is 6.26 Å². The molecular weight excluding hydrogens is 246 g/mol. The maximum absolute atomic E-state index is 12.0. The summed E-state index contributed by atoms with van der Waals surface area (Å²) in [6.45, 7) is 0. The van der Waals surface area contributed by atoms with Gasteiger partial charge in [0, 0.05) is 22.9 Å². The summed E-state index contributed by atoms with van der Waals surface area (Å²) in [5.74, 6) is -0.311. The summed E-state index contributed by atoms with van der Waals surface area (Å²) in [6.07, 6.45) is 3.93. The summed E-state index contributed by atoms with van der Waals surface area (Å²) < 4.78 is 0. The van der Waals surface area contributed by atoms with E-state index in [1.165, 1.54) is 12.4 Å². The topological polar surface area (TPSA) is 50.2 Å². The Balaban J connectivity index is 2.20. The number of ketones is 1. The van der Waals surface area contributed by atoms with Gasteiger partial charge in [0.05, 0.1) is 0 Å². The molecule has 0 bridgehead atoms. The van der Waals surface area contributed by atoms with Crippen LogP contribution in [0.1, 0.15) is 22.0 Å². The second-order valence-electron chi connectivity index (χ2n) is 3.78. The third-order valence-electron chi connectivity index (χ3n) is 2.64. The number of rotatable bonds is 4. The lowest BCUT2D eigenvalue weighted by atomic mass is 10.0. The minimum atomic E-state index is -1.12. The Labute approximate surface area is 110 Å². The molecule has 1 unspecified atom stereocenters. The van der Waals surface area contributed by atoms with E-state index < -0.39 is 6.10 Å². The van der Waals surface area contributed by atoms with Crippen molar-refractivity contribution in [1.82, 2.24) is 4.98 Å². The molecule has 0 aliphatic heterocycles. The van der Waals surface area contributed by atoms with Crippen LogP contribution in [-0.2, 0) is 0 Å². The average Bonchev–Trinajstić information content (AvgIpc) is 2.47. The molecule has 0 saturated carbocycles. The standard InChI is InChI=1S/C14H13NO2S/c1-18-12-4-2-10(3-5-12)13(16)14(17)11-6-8-15-9-7-11/h2-9,13,16H,1H3. The number of Topliss-reactive ketones (excluding diaryl/α,β-unsaturated/α-hetero) is 1. The van der Waals surface area contributed by atoms with Crippen molar-refractivity contribution in [2.45, 2.75) is 11.0 Å². The van der Waals surface area contributed by atoms with Crippen LogP contribution in [0.15, 0.2) is 53.7 Å². The fraction of sp³-hybridized carbons (Fsp3) is 0.143. The van der Waals surface area contributed by atoms with Gasteiger partial charge in [0.25, 0.3) is 0 Å². The van der Waals surface area contributed by atoms with Crippen LogP contribution in [0.3, 0.4) is 0 Å². The zero-order valence-corrected chi connectivity index (χ0v) is 10.7. The highest BCUT2D eigenvalue weighted by Crippen LogP contribution is 2.21. The molecule has 2 aromatic rings. The van der Waals surface area contributed by atoms with Crippen molar-refractivity contribution >= 4 is 17.5 Å². The molecule has 1 atom stereocenters. The van der Waals surface area contributed by atoms with Gasteiger partial charge in [-0.25, -0.2) is 0 Å². The molecule has 4 heteroatoms. The fourth-order valence-electron chi connectivity index (χ4n) is 1.61. The van der Waals surface area contributed by atoms with Gasteiger partial charge in [-0.3, -0.25) is 9.78 Å². The lowest BCUT2D eigenvalue weighted by molar-refractivity contribution is 0.0747. The van der Waals surface area contributed by atoms with Crippen molar-refractivity contribution in [2.24, 2.45) is 0 Å². The van der Waals surface area contributed by atoms with Gasteiger partial charge in [-0.15, -0.1) is 11.8 Å². The van der Waals surface area contributed by atoms with Gasteiger partial charge in [-0.05, 0) is 36.1 Å². The molecule has 0 aliphatic carbocycles. The van der Waals surface area contributed by atoms with Crippen LogP contribution in [-0.4, -0.2) is 22.1 Å². The summed E-state index contributed by atoms with van der Waals surface area (Å²) in [5, 5.41) is 10.0. The number of nitrogens with zero attached hydrogens (tertiary/aromatic N) is 1. The highest BCUT2D eigenvalue weighted by molar-refractivity contribution is 7.98. The molecule has 1 heterocycles. The molecule has 0 fully saturated rings. The van der Waals surface area contributed by atoms with Gasteiger partial charge >= 0.3 is 0 Å². The van der Waals surface area contributed by atoms with Gasteiger partial charge in [-0.2, -0.15) is 0 Å². The van der Waals surface area contributed by atoms with E-state index in [1.54, 1.807) is 36.0 Å². The molecule has 1 aromatic heterocycles. The molecular formula is C14H13NO2S. The second-order valence-corrected chi connectivity index (χ2v) is 4.66. The molecule has 0 radical (unpaired) electrons. The van der Waals surface area contributed by atoms with E-state index >= 15 is 0 Å². The molecule has 0 spiro atoms. The average molecular weight is 259 g/mol. The third kappa shape index (κ3) is 2.78. The summed E-state index contributed by atoms with van der Waals surface area (Å²) in [5.41, 5.74) is 1.07. The zero-order chi connectivity index (χ0) is 13.0. The number of hydrogen-bond donors (Lipinski definition) is 1. The zero-order valence-electron chi connectivity index (χ0n) is 9.91. The van der Waals surface area contributed by atoms with Crippen LogP contribution in [0.4, 0.5) is 0 Å². The quantitative estimate of drug-likeness (QED) is 0.677. The molecule has 0 amide bonds. The van der Waals surface area contributed by atoms with Crippen molar-refractivity contribution in [3.8, 4) is 0 Å². The first kappa shape index (κ1) is 12.8. The predicted octanol–water partition coefficient (Wildman–Crippen LogP) is 2.72. The Hall–Kier alpha value is -1.65. The van der Waals surface area contributed by atoms with Gasteiger partial charge in [0.2, 0.25) is 0 Å². The van der Waals surface area contributed by atoms with Crippen molar-refractivity contribution in [1.29, 1.82) is 0 Å². The van der Waals surface area contributed by atoms with Crippen LogP contribution < -0.4 is 0 Å². The van der Waals surface area contributed by atoms with Crippen LogP contribution in [0.5, 0.6) is 0 Å². The SMILES string of the molecule is CSc1ccc(C(O)C(=O)c2ccncc2)cc1. The van der Waals surface area contributed by atoms with Crippen LogP contribution in [0.2, 0.25) is 0 Å². The van der Waals surface area contributed by atoms with Gasteiger partial charge in [-0.1, -0.05) is 12.1 Å². The minimum Gasteiger partial charge on any atom is -0.380 e. The van der Waals surface area contributed by atoms with Crippen LogP contribution in [0, 0.1) is 0 Å². The number of benzene rings is 1. The number of carbonyl (C=O) groups is 1. The Kier molecular flexibility index (Phi) is 4.12. The Morgan fingerprint density at radius 3 is 2.33 bits per heavy atom. The Morgan fingerprint density at radius 1 is 1.17 bits per heavy atom. The number of carbonyl (C=O) groups excluding carboxylic acids is 1.